The summed E-state index contributed by atoms with van der Waals surface area (Å²) in [4.78, 5) is 11.8. The number of ether oxygens (including phenoxy) is 2. The first kappa shape index (κ1) is 13.9. The van der Waals surface area contributed by atoms with E-state index in [0.29, 0.717) is 5.75 Å². The third-order valence-electron chi connectivity index (χ3n) is 3.77. The van der Waals surface area contributed by atoms with Gasteiger partial charge in [0.15, 0.2) is 0 Å². The summed E-state index contributed by atoms with van der Waals surface area (Å²) >= 11 is 0. The Bertz CT molecular complexity index is 416. The number of carbonyl (C=O) groups excluding carboxylic acids is 1. The van der Waals surface area contributed by atoms with Gasteiger partial charge in [0, 0.05) is 0 Å². The maximum Gasteiger partial charge on any atom is 0.514 e. The van der Waals surface area contributed by atoms with Gasteiger partial charge in [-0.2, -0.15) is 0 Å². The van der Waals surface area contributed by atoms with Crippen molar-refractivity contribution in [2.24, 2.45) is 0 Å². The fraction of sp³-hybridized carbons (Fsp3) is 0.562. The maximum atomic E-state index is 11.8. The molecule has 1 saturated carbocycles. The molecule has 0 heterocycles. The molecule has 0 aromatic heterocycles. The van der Waals surface area contributed by atoms with Gasteiger partial charge in [0.1, 0.15) is 11.4 Å². The van der Waals surface area contributed by atoms with E-state index in [-0.39, 0.29) is 5.60 Å². The minimum atomic E-state index is -0.589. The van der Waals surface area contributed by atoms with Gasteiger partial charge in [-0.3, -0.25) is 0 Å². The molecule has 0 aliphatic heterocycles. The van der Waals surface area contributed by atoms with Gasteiger partial charge in [-0.25, -0.2) is 4.79 Å². The normalized spacial score (nSPS) is 17.8. The van der Waals surface area contributed by atoms with Crippen molar-refractivity contribution in [3.8, 4) is 5.75 Å². The fourth-order valence-electron chi connectivity index (χ4n) is 2.51. The van der Waals surface area contributed by atoms with E-state index in [0.717, 1.165) is 32.1 Å². The highest BCUT2D eigenvalue weighted by Crippen LogP contribution is 2.31. The number of aryl methyl sites for hydroxylation is 1. The van der Waals surface area contributed by atoms with Crippen molar-refractivity contribution in [1.82, 2.24) is 0 Å². The molecule has 1 aromatic carbocycles. The zero-order valence-electron chi connectivity index (χ0n) is 11.8. The highest BCUT2D eigenvalue weighted by Gasteiger charge is 2.31. The quantitative estimate of drug-likeness (QED) is 0.595. The lowest BCUT2D eigenvalue weighted by atomic mass is 9.86. The van der Waals surface area contributed by atoms with Crippen molar-refractivity contribution >= 4 is 6.16 Å². The van der Waals surface area contributed by atoms with E-state index in [4.69, 9.17) is 9.47 Å². The van der Waals surface area contributed by atoms with Crippen LogP contribution in [0.25, 0.3) is 0 Å². The van der Waals surface area contributed by atoms with Gasteiger partial charge in [0.25, 0.3) is 0 Å². The van der Waals surface area contributed by atoms with E-state index in [1.807, 2.05) is 31.2 Å². The first-order valence-electron chi connectivity index (χ1n) is 7.11. The standard InChI is InChI=1S/C16H22O3/c1-3-13-7-9-14(10-8-13)18-15(17)19-16(2)11-5-4-6-12-16/h7-10H,3-6,11-12H2,1-2H3. The van der Waals surface area contributed by atoms with Crippen LogP contribution in [-0.2, 0) is 11.2 Å². The lowest BCUT2D eigenvalue weighted by molar-refractivity contribution is -0.0247. The van der Waals surface area contributed by atoms with Crippen molar-refractivity contribution < 1.29 is 14.3 Å². The Morgan fingerprint density at radius 3 is 2.37 bits per heavy atom. The summed E-state index contributed by atoms with van der Waals surface area (Å²) in [6, 6.07) is 7.54. The van der Waals surface area contributed by atoms with Crippen molar-refractivity contribution in [2.75, 3.05) is 0 Å². The van der Waals surface area contributed by atoms with Crippen molar-refractivity contribution in [3.05, 3.63) is 29.8 Å². The van der Waals surface area contributed by atoms with Gasteiger partial charge in [0.2, 0.25) is 0 Å². The molecule has 1 aliphatic carbocycles. The van der Waals surface area contributed by atoms with Crippen LogP contribution in [0.4, 0.5) is 4.79 Å². The minimum Gasteiger partial charge on any atom is -0.428 e. The van der Waals surface area contributed by atoms with Gasteiger partial charge < -0.3 is 9.47 Å². The topological polar surface area (TPSA) is 35.5 Å². The average molecular weight is 262 g/mol. The summed E-state index contributed by atoms with van der Waals surface area (Å²) in [5.41, 5.74) is 0.874. The third-order valence-corrected chi connectivity index (χ3v) is 3.77. The van der Waals surface area contributed by atoms with E-state index in [2.05, 4.69) is 6.92 Å². The lowest BCUT2D eigenvalue weighted by Crippen LogP contribution is -2.35. The van der Waals surface area contributed by atoms with Crippen molar-refractivity contribution in [1.29, 1.82) is 0 Å². The van der Waals surface area contributed by atoms with Crippen LogP contribution in [0.3, 0.4) is 0 Å². The van der Waals surface area contributed by atoms with Crippen LogP contribution in [0.15, 0.2) is 24.3 Å². The SMILES string of the molecule is CCc1ccc(OC(=O)OC2(C)CCCCC2)cc1. The van der Waals surface area contributed by atoms with E-state index >= 15 is 0 Å². The average Bonchev–Trinajstić information content (AvgIpc) is 2.39. The van der Waals surface area contributed by atoms with Gasteiger partial charge in [0.05, 0.1) is 0 Å². The number of carbonyl (C=O) groups is 1. The molecule has 0 saturated heterocycles. The van der Waals surface area contributed by atoms with Crippen LogP contribution in [0.2, 0.25) is 0 Å². The first-order valence-corrected chi connectivity index (χ1v) is 7.11. The summed E-state index contributed by atoms with van der Waals surface area (Å²) < 4.78 is 10.7. The Morgan fingerprint density at radius 2 is 1.79 bits per heavy atom. The Balaban J connectivity index is 1.89. The highest BCUT2D eigenvalue weighted by molar-refractivity contribution is 5.64. The summed E-state index contributed by atoms with van der Waals surface area (Å²) in [5.74, 6) is 0.543. The summed E-state index contributed by atoms with van der Waals surface area (Å²) in [6.07, 6.45) is 5.71. The zero-order chi connectivity index (χ0) is 13.7. The third kappa shape index (κ3) is 3.98. The van der Waals surface area contributed by atoms with E-state index in [1.54, 1.807) is 0 Å². The van der Waals surface area contributed by atoms with Gasteiger partial charge in [-0.1, -0.05) is 25.5 Å². The predicted molar refractivity (Wildman–Crippen MR) is 74.4 cm³/mol. The minimum absolute atomic E-state index is 0.349. The zero-order valence-corrected chi connectivity index (χ0v) is 11.8. The van der Waals surface area contributed by atoms with Gasteiger partial charge in [-0.15, -0.1) is 0 Å². The van der Waals surface area contributed by atoms with Crippen LogP contribution >= 0.6 is 0 Å². The molecule has 0 N–H and O–H groups in total. The Labute approximate surface area is 114 Å². The van der Waals surface area contributed by atoms with Crippen molar-refractivity contribution in [2.45, 2.75) is 58.0 Å². The second-order valence-electron chi connectivity index (χ2n) is 5.46. The maximum absolute atomic E-state index is 11.8. The molecule has 0 amide bonds. The summed E-state index contributed by atoms with van der Waals surface area (Å²) in [5, 5.41) is 0. The molecule has 0 bridgehead atoms. The summed E-state index contributed by atoms with van der Waals surface area (Å²) in [6.45, 7) is 4.08. The van der Waals surface area contributed by atoms with Crippen LogP contribution in [-0.4, -0.2) is 11.8 Å². The first-order chi connectivity index (χ1) is 9.11. The number of hydrogen-bond acceptors (Lipinski definition) is 3. The molecule has 3 nitrogen and oxygen atoms in total. The molecule has 3 heteroatoms. The molecule has 19 heavy (non-hydrogen) atoms. The molecular formula is C16H22O3. The van der Waals surface area contributed by atoms with E-state index in [1.165, 1.54) is 12.0 Å². The Morgan fingerprint density at radius 1 is 1.16 bits per heavy atom. The monoisotopic (exact) mass is 262 g/mol. The van der Waals surface area contributed by atoms with E-state index in [9.17, 15) is 4.79 Å². The van der Waals surface area contributed by atoms with Crippen LogP contribution < -0.4 is 4.74 Å². The molecule has 0 radical (unpaired) electrons. The molecular weight excluding hydrogens is 240 g/mol. The summed E-state index contributed by atoms with van der Waals surface area (Å²) in [7, 11) is 0. The van der Waals surface area contributed by atoms with Crippen LogP contribution in [0.5, 0.6) is 5.75 Å². The Kier molecular flexibility index (Phi) is 4.46. The number of hydrogen-bond donors (Lipinski definition) is 0. The largest absolute Gasteiger partial charge is 0.514 e. The fourth-order valence-corrected chi connectivity index (χ4v) is 2.51. The number of rotatable bonds is 3. The second-order valence-corrected chi connectivity index (χ2v) is 5.46. The smallest absolute Gasteiger partial charge is 0.428 e. The molecule has 0 spiro atoms. The molecule has 1 fully saturated rings. The predicted octanol–water partition coefficient (Wildman–Crippen LogP) is 4.49. The molecule has 104 valence electrons. The Hall–Kier alpha value is -1.51. The molecule has 0 unspecified atom stereocenters. The van der Waals surface area contributed by atoms with E-state index < -0.39 is 6.16 Å². The van der Waals surface area contributed by atoms with Crippen LogP contribution in [0.1, 0.15) is 51.5 Å². The lowest BCUT2D eigenvalue weighted by Gasteiger charge is -2.32. The molecule has 2 rings (SSSR count). The van der Waals surface area contributed by atoms with Crippen LogP contribution in [0, 0.1) is 0 Å². The van der Waals surface area contributed by atoms with Gasteiger partial charge >= 0.3 is 6.16 Å². The van der Waals surface area contributed by atoms with Crippen molar-refractivity contribution in [3.63, 3.8) is 0 Å². The number of benzene rings is 1. The highest BCUT2D eigenvalue weighted by atomic mass is 16.7. The molecule has 1 aliphatic rings. The molecule has 0 atom stereocenters. The second kappa shape index (κ2) is 6.09. The van der Waals surface area contributed by atoms with Gasteiger partial charge in [-0.05, 0) is 56.7 Å². The molecule has 1 aromatic rings.